The van der Waals surface area contributed by atoms with Crippen molar-refractivity contribution in [2.24, 2.45) is 0 Å². The Labute approximate surface area is 188 Å². The molecule has 1 aliphatic heterocycles. The lowest BCUT2D eigenvalue weighted by Crippen LogP contribution is -2.36. The Hall–Kier alpha value is -3.00. The van der Waals surface area contributed by atoms with Crippen molar-refractivity contribution in [3.63, 3.8) is 0 Å². The summed E-state index contributed by atoms with van der Waals surface area (Å²) in [6.07, 6.45) is 12.4. The summed E-state index contributed by atoms with van der Waals surface area (Å²) in [6, 6.07) is 4.60. The summed E-state index contributed by atoms with van der Waals surface area (Å²) in [5.41, 5.74) is 3.98. The summed E-state index contributed by atoms with van der Waals surface area (Å²) in [6.45, 7) is 5.36. The Morgan fingerprint density at radius 1 is 1.00 bits per heavy atom. The molecule has 0 amide bonds. The van der Waals surface area contributed by atoms with Crippen LogP contribution in [0.15, 0.2) is 36.9 Å². The predicted molar refractivity (Wildman–Crippen MR) is 124 cm³/mol. The van der Waals surface area contributed by atoms with Gasteiger partial charge in [0.05, 0.1) is 24.8 Å². The lowest BCUT2D eigenvalue weighted by atomic mass is 9.93. The van der Waals surface area contributed by atoms with Gasteiger partial charge in [-0.1, -0.05) is 6.92 Å². The van der Waals surface area contributed by atoms with E-state index in [0.717, 1.165) is 86.4 Å². The molecule has 1 saturated carbocycles. The fraction of sp³-hybridized carbons (Fsp3) is 0.500. The van der Waals surface area contributed by atoms with Crippen LogP contribution in [-0.2, 0) is 11.2 Å². The van der Waals surface area contributed by atoms with E-state index < -0.39 is 0 Å². The van der Waals surface area contributed by atoms with Gasteiger partial charge in [0.25, 0.3) is 0 Å². The van der Waals surface area contributed by atoms with Crippen molar-refractivity contribution < 1.29 is 9.47 Å². The topological polar surface area (TPSA) is 85.3 Å². The number of nitrogens with zero attached hydrogens (tertiary/aromatic N) is 5. The molecule has 1 aromatic carbocycles. The zero-order chi connectivity index (χ0) is 21.8. The molecule has 32 heavy (non-hydrogen) atoms. The van der Waals surface area contributed by atoms with Crippen molar-refractivity contribution in [3.8, 4) is 5.75 Å². The highest BCUT2D eigenvalue weighted by Gasteiger charge is 2.24. The van der Waals surface area contributed by atoms with E-state index in [1.807, 2.05) is 12.4 Å². The number of aromatic nitrogens is 4. The second-order valence-electron chi connectivity index (χ2n) is 8.47. The van der Waals surface area contributed by atoms with Gasteiger partial charge in [0, 0.05) is 55.7 Å². The number of aryl methyl sites for hydroxylation is 1. The molecule has 0 unspecified atom stereocenters. The molecule has 1 aliphatic carbocycles. The van der Waals surface area contributed by atoms with Gasteiger partial charge in [-0.3, -0.25) is 4.98 Å². The van der Waals surface area contributed by atoms with Gasteiger partial charge in [-0.05, 0) is 43.7 Å². The van der Waals surface area contributed by atoms with Crippen molar-refractivity contribution >= 4 is 22.7 Å². The Bertz CT molecular complexity index is 1030. The fourth-order valence-electron chi connectivity index (χ4n) is 4.42. The minimum atomic E-state index is 0.168. The summed E-state index contributed by atoms with van der Waals surface area (Å²) in [5.74, 6) is 1.54. The Morgan fingerprint density at radius 3 is 2.50 bits per heavy atom. The molecule has 1 saturated heterocycles. The van der Waals surface area contributed by atoms with E-state index >= 15 is 0 Å². The molecule has 1 N–H and O–H groups in total. The van der Waals surface area contributed by atoms with E-state index in [1.54, 1.807) is 12.4 Å². The van der Waals surface area contributed by atoms with Crippen LogP contribution in [0.1, 0.15) is 38.2 Å². The zero-order valence-electron chi connectivity index (χ0n) is 18.5. The monoisotopic (exact) mass is 434 g/mol. The number of benzene rings is 1. The highest BCUT2D eigenvalue weighted by molar-refractivity contribution is 5.85. The van der Waals surface area contributed by atoms with E-state index in [-0.39, 0.29) is 6.10 Å². The minimum absolute atomic E-state index is 0.168. The first-order valence-corrected chi connectivity index (χ1v) is 11.6. The van der Waals surface area contributed by atoms with Crippen molar-refractivity contribution in [2.45, 2.75) is 51.2 Å². The molecule has 0 atom stereocenters. The molecule has 0 spiro atoms. The number of hydrogen-bond donors (Lipinski definition) is 1. The lowest BCUT2D eigenvalue weighted by molar-refractivity contribution is 0.122. The van der Waals surface area contributed by atoms with Gasteiger partial charge >= 0.3 is 0 Å². The van der Waals surface area contributed by atoms with Crippen LogP contribution in [0.4, 0.5) is 11.6 Å². The third-order valence-corrected chi connectivity index (χ3v) is 6.31. The third kappa shape index (κ3) is 4.75. The molecular weight excluding hydrogens is 404 g/mol. The van der Waals surface area contributed by atoms with Crippen LogP contribution < -0.4 is 15.0 Å². The Morgan fingerprint density at radius 2 is 1.75 bits per heavy atom. The van der Waals surface area contributed by atoms with E-state index in [9.17, 15) is 0 Å². The molecule has 5 rings (SSSR count). The van der Waals surface area contributed by atoms with Crippen molar-refractivity contribution in [2.75, 3.05) is 36.5 Å². The maximum absolute atomic E-state index is 6.51. The van der Waals surface area contributed by atoms with Crippen LogP contribution in [0.2, 0.25) is 0 Å². The SMILES string of the molecule is CCc1cnc(N[C@H]2CC[C@@H](Oc3cc(N4CCOCC4)cc4nccnc34)CC2)nc1. The first-order chi connectivity index (χ1) is 15.8. The highest BCUT2D eigenvalue weighted by Crippen LogP contribution is 2.33. The molecule has 3 aromatic rings. The molecule has 0 radical (unpaired) electrons. The molecule has 2 aromatic heterocycles. The highest BCUT2D eigenvalue weighted by atomic mass is 16.5. The van der Waals surface area contributed by atoms with Crippen LogP contribution in [0.5, 0.6) is 5.75 Å². The van der Waals surface area contributed by atoms with Crippen LogP contribution in [0, 0.1) is 0 Å². The van der Waals surface area contributed by atoms with Crippen molar-refractivity contribution in [1.82, 2.24) is 19.9 Å². The van der Waals surface area contributed by atoms with Crippen LogP contribution in [0.3, 0.4) is 0 Å². The first-order valence-electron chi connectivity index (χ1n) is 11.6. The summed E-state index contributed by atoms with van der Waals surface area (Å²) >= 11 is 0. The van der Waals surface area contributed by atoms with Crippen LogP contribution >= 0.6 is 0 Å². The zero-order valence-corrected chi connectivity index (χ0v) is 18.5. The molecule has 0 bridgehead atoms. The molecule has 8 nitrogen and oxygen atoms in total. The van der Waals surface area contributed by atoms with Crippen LogP contribution in [0.25, 0.3) is 11.0 Å². The summed E-state index contributed by atoms with van der Waals surface area (Å²) < 4.78 is 12.0. The van der Waals surface area contributed by atoms with Crippen molar-refractivity contribution in [1.29, 1.82) is 0 Å². The normalized spacial score (nSPS) is 21.5. The van der Waals surface area contributed by atoms with E-state index in [4.69, 9.17) is 9.47 Å². The summed E-state index contributed by atoms with van der Waals surface area (Å²) in [5, 5.41) is 3.48. The number of nitrogens with one attached hydrogen (secondary N) is 1. The largest absolute Gasteiger partial charge is 0.488 e. The first kappa shape index (κ1) is 20.9. The standard InChI is InChI=1S/C24H30N6O2/c1-2-17-15-27-24(28-16-17)29-18-3-5-20(6-4-18)32-22-14-19(30-9-11-31-12-10-30)13-21-23(22)26-8-7-25-21/h7-8,13-16,18,20H,2-6,9-12H2,1H3,(H,27,28,29)/t18-,20+. The van der Waals surface area contributed by atoms with Gasteiger partial charge < -0.3 is 19.7 Å². The second-order valence-corrected chi connectivity index (χ2v) is 8.47. The maximum Gasteiger partial charge on any atom is 0.222 e. The minimum Gasteiger partial charge on any atom is -0.488 e. The third-order valence-electron chi connectivity index (χ3n) is 6.31. The summed E-state index contributed by atoms with van der Waals surface area (Å²) in [4.78, 5) is 20.3. The molecule has 2 fully saturated rings. The van der Waals surface area contributed by atoms with E-state index in [0.29, 0.717) is 12.0 Å². The average Bonchev–Trinajstić information content (AvgIpc) is 2.86. The number of fused-ring (bicyclic) bond motifs is 1. The molecule has 168 valence electrons. The number of morpholine rings is 1. The van der Waals surface area contributed by atoms with Gasteiger partial charge in [0.2, 0.25) is 5.95 Å². The molecule has 3 heterocycles. The van der Waals surface area contributed by atoms with Gasteiger partial charge in [-0.25, -0.2) is 15.0 Å². The second kappa shape index (κ2) is 9.65. The number of rotatable bonds is 6. The lowest BCUT2D eigenvalue weighted by Gasteiger charge is -2.31. The molecular formula is C24H30N6O2. The average molecular weight is 435 g/mol. The van der Waals surface area contributed by atoms with Gasteiger partial charge in [0.15, 0.2) is 0 Å². The van der Waals surface area contributed by atoms with Crippen molar-refractivity contribution in [3.05, 3.63) is 42.5 Å². The van der Waals surface area contributed by atoms with Crippen LogP contribution in [-0.4, -0.2) is 58.4 Å². The van der Waals surface area contributed by atoms with Gasteiger partial charge in [0.1, 0.15) is 11.3 Å². The quantitative estimate of drug-likeness (QED) is 0.630. The summed E-state index contributed by atoms with van der Waals surface area (Å²) in [7, 11) is 0. The Balaban J connectivity index is 1.25. The number of anilines is 2. The predicted octanol–water partition coefficient (Wildman–Crippen LogP) is 3.62. The molecule has 8 heteroatoms. The van der Waals surface area contributed by atoms with Gasteiger partial charge in [-0.15, -0.1) is 0 Å². The fourth-order valence-corrected chi connectivity index (χ4v) is 4.42. The number of ether oxygens (including phenoxy) is 2. The van der Waals surface area contributed by atoms with E-state index in [2.05, 4.69) is 49.2 Å². The van der Waals surface area contributed by atoms with Gasteiger partial charge in [-0.2, -0.15) is 0 Å². The Kier molecular flexibility index (Phi) is 6.29. The molecule has 2 aliphatic rings. The van der Waals surface area contributed by atoms with E-state index in [1.165, 1.54) is 0 Å². The smallest absolute Gasteiger partial charge is 0.222 e. The maximum atomic E-state index is 6.51. The number of hydrogen-bond acceptors (Lipinski definition) is 8.